The van der Waals surface area contributed by atoms with Crippen molar-refractivity contribution in [3.8, 4) is 0 Å². The van der Waals surface area contributed by atoms with E-state index in [1.807, 2.05) is 10.3 Å². The second kappa shape index (κ2) is 9.18. The zero-order valence-electron chi connectivity index (χ0n) is 18.5. The van der Waals surface area contributed by atoms with E-state index in [2.05, 4.69) is 5.32 Å². The number of carbonyl (C=O) groups is 2. The minimum absolute atomic E-state index is 0.177. The van der Waals surface area contributed by atoms with Gasteiger partial charge in [-0.05, 0) is 54.3 Å². The summed E-state index contributed by atoms with van der Waals surface area (Å²) in [6.07, 6.45) is 0.601. The molecule has 1 aromatic carbocycles. The second-order valence-corrected chi connectivity index (χ2v) is 12.2. The van der Waals surface area contributed by atoms with Crippen molar-refractivity contribution in [2.75, 3.05) is 47.5 Å². The summed E-state index contributed by atoms with van der Waals surface area (Å²) in [4.78, 5) is 28.4. The average Bonchev–Trinajstić information content (AvgIpc) is 3.46. The van der Waals surface area contributed by atoms with Crippen molar-refractivity contribution < 1.29 is 27.1 Å². The summed E-state index contributed by atoms with van der Waals surface area (Å²) in [6.45, 7) is 1.75. The van der Waals surface area contributed by atoms with Crippen molar-refractivity contribution in [2.24, 2.45) is 11.8 Å². The smallest absolute Gasteiger partial charge is 0.414 e. The molecule has 3 saturated heterocycles. The van der Waals surface area contributed by atoms with E-state index in [4.69, 9.17) is 4.74 Å². The molecule has 1 unspecified atom stereocenters. The number of carbonyl (C=O) groups excluding carboxylic acids is 2. The summed E-state index contributed by atoms with van der Waals surface area (Å²) in [6, 6.07) is 8.23. The van der Waals surface area contributed by atoms with Crippen LogP contribution >= 0.6 is 11.3 Å². The number of nitrogens with zero attached hydrogens (tertiary/aromatic N) is 2. The number of nitrogens with one attached hydrogen (secondary N) is 1. The topological polar surface area (TPSA) is 96.0 Å². The highest BCUT2D eigenvalue weighted by Gasteiger charge is 2.40. The fraction of sp³-hybridized carbons (Fsp3) is 0.478. The van der Waals surface area contributed by atoms with Gasteiger partial charge in [-0.15, -0.1) is 11.3 Å². The summed E-state index contributed by atoms with van der Waals surface area (Å²) < 4.78 is 43.3. The Morgan fingerprint density at radius 2 is 1.94 bits per heavy atom. The molecule has 0 spiro atoms. The van der Waals surface area contributed by atoms with Crippen LogP contribution in [0.3, 0.4) is 0 Å². The number of anilines is 2. The number of benzene rings is 1. The van der Waals surface area contributed by atoms with Gasteiger partial charge in [0.15, 0.2) is 9.84 Å². The molecule has 34 heavy (non-hydrogen) atoms. The molecule has 182 valence electrons. The van der Waals surface area contributed by atoms with E-state index in [9.17, 15) is 18.0 Å². The first-order chi connectivity index (χ1) is 16.3. The van der Waals surface area contributed by atoms with Crippen LogP contribution in [0, 0.1) is 17.7 Å². The normalized spacial score (nSPS) is 23.0. The molecular weight excluding hydrogens is 481 g/mol. The van der Waals surface area contributed by atoms with Crippen molar-refractivity contribution in [3.05, 3.63) is 46.4 Å². The highest BCUT2D eigenvalue weighted by atomic mass is 32.2. The summed E-state index contributed by atoms with van der Waals surface area (Å²) >= 11 is 1.33. The Bertz CT molecular complexity index is 1170. The largest absolute Gasteiger partial charge is 0.442 e. The van der Waals surface area contributed by atoms with E-state index in [-0.39, 0.29) is 36.4 Å². The maximum atomic E-state index is 15.0. The molecule has 4 heterocycles. The first-order valence-corrected chi connectivity index (χ1v) is 14.0. The van der Waals surface area contributed by atoms with Crippen LogP contribution in [0.15, 0.2) is 35.7 Å². The lowest BCUT2D eigenvalue weighted by Crippen LogP contribution is -2.45. The molecule has 3 aliphatic rings. The Balaban J connectivity index is 1.16. The summed E-state index contributed by atoms with van der Waals surface area (Å²) in [7, 11) is -2.83. The minimum Gasteiger partial charge on any atom is -0.442 e. The van der Waals surface area contributed by atoms with Gasteiger partial charge in [0.25, 0.3) is 5.91 Å². The SMILES string of the molecule is O=C(NCC1CN(c2ccc(N3CCC(C4CS(=O)(=O)C4)CC3)c(F)c2)C(=O)O1)c1cccs1. The van der Waals surface area contributed by atoms with Gasteiger partial charge in [0.05, 0.1) is 40.8 Å². The van der Waals surface area contributed by atoms with Gasteiger partial charge in [-0.3, -0.25) is 9.69 Å². The van der Waals surface area contributed by atoms with Crippen LogP contribution in [-0.2, 0) is 14.6 Å². The molecule has 3 aliphatic heterocycles. The molecule has 3 fully saturated rings. The molecule has 1 atom stereocenters. The predicted molar refractivity (Wildman–Crippen MR) is 128 cm³/mol. The quantitative estimate of drug-likeness (QED) is 0.646. The predicted octanol–water partition coefficient (Wildman–Crippen LogP) is 2.90. The Labute approximate surface area is 201 Å². The Kier molecular flexibility index (Phi) is 6.24. The van der Waals surface area contributed by atoms with Crippen LogP contribution in [0.25, 0.3) is 0 Å². The third kappa shape index (κ3) is 4.76. The molecule has 1 aromatic heterocycles. The molecule has 1 N–H and O–H groups in total. The fourth-order valence-corrected chi connectivity index (χ4v) is 7.34. The maximum absolute atomic E-state index is 15.0. The highest BCUT2D eigenvalue weighted by molar-refractivity contribution is 7.92. The zero-order valence-corrected chi connectivity index (χ0v) is 20.1. The lowest BCUT2D eigenvalue weighted by molar-refractivity contribution is 0.0920. The van der Waals surface area contributed by atoms with Gasteiger partial charge in [-0.2, -0.15) is 0 Å². The number of thiophene rings is 1. The molecule has 0 radical (unpaired) electrons. The summed E-state index contributed by atoms with van der Waals surface area (Å²) in [5, 5.41) is 4.57. The zero-order chi connectivity index (χ0) is 23.9. The number of halogens is 1. The van der Waals surface area contributed by atoms with Crippen molar-refractivity contribution in [2.45, 2.75) is 18.9 Å². The number of sulfone groups is 1. The van der Waals surface area contributed by atoms with E-state index >= 15 is 4.39 Å². The first-order valence-electron chi connectivity index (χ1n) is 11.3. The van der Waals surface area contributed by atoms with Crippen LogP contribution in [0.2, 0.25) is 0 Å². The number of hydrogen-bond acceptors (Lipinski definition) is 7. The van der Waals surface area contributed by atoms with Gasteiger partial charge >= 0.3 is 6.09 Å². The third-order valence-electron chi connectivity index (χ3n) is 6.84. The van der Waals surface area contributed by atoms with Crippen molar-refractivity contribution in [3.63, 3.8) is 0 Å². The van der Waals surface area contributed by atoms with Crippen LogP contribution in [0.5, 0.6) is 0 Å². The van der Waals surface area contributed by atoms with Crippen molar-refractivity contribution in [1.82, 2.24) is 5.32 Å². The number of cyclic esters (lactones) is 1. The first kappa shape index (κ1) is 23.1. The lowest BCUT2D eigenvalue weighted by atomic mass is 9.86. The Hall–Kier alpha value is -2.66. The molecule has 2 amide bonds. The van der Waals surface area contributed by atoms with Crippen LogP contribution in [-0.4, -0.2) is 64.2 Å². The van der Waals surface area contributed by atoms with Gasteiger partial charge < -0.3 is 15.0 Å². The number of ether oxygens (including phenoxy) is 1. The Morgan fingerprint density at radius 3 is 2.59 bits per heavy atom. The second-order valence-electron chi connectivity index (χ2n) is 9.10. The average molecular weight is 508 g/mol. The molecular formula is C23H26FN3O5S2. The van der Waals surface area contributed by atoms with Crippen LogP contribution < -0.4 is 15.1 Å². The van der Waals surface area contributed by atoms with E-state index in [0.717, 1.165) is 12.8 Å². The highest BCUT2D eigenvalue weighted by Crippen LogP contribution is 2.36. The van der Waals surface area contributed by atoms with Crippen molar-refractivity contribution >= 4 is 44.5 Å². The minimum atomic E-state index is -2.83. The molecule has 2 aromatic rings. The number of amides is 2. The monoisotopic (exact) mass is 507 g/mol. The van der Waals surface area contributed by atoms with E-state index in [1.165, 1.54) is 22.3 Å². The maximum Gasteiger partial charge on any atom is 0.414 e. The summed E-state index contributed by atoms with van der Waals surface area (Å²) in [5.41, 5.74) is 0.892. The van der Waals surface area contributed by atoms with Gasteiger partial charge in [0.1, 0.15) is 11.9 Å². The molecule has 5 rings (SSSR count). The van der Waals surface area contributed by atoms with Crippen molar-refractivity contribution in [1.29, 1.82) is 0 Å². The third-order valence-corrected chi connectivity index (χ3v) is 9.58. The van der Waals surface area contributed by atoms with Gasteiger partial charge in [-0.1, -0.05) is 6.07 Å². The lowest BCUT2D eigenvalue weighted by Gasteiger charge is -2.40. The van der Waals surface area contributed by atoms with Crippen LogP contribution in [0.4, 0.5) is 20.6 Å². The summed E-state index contributed by atoms with van der Waals surface area (Å²) in [5.74, 6) is 0.547. The molecule has 8 nitrogen and oxygen atoms in total. The van der Waals surface area contributed by atoms with E-state index in [0.29, 0.717) is 35.3 Å². The van der Waals surface area contributed by atoms with Gasteiger partial charge in [-0.25, -0.2) is 17.6 Å². The van der Waals surface area contributed by atoms with Gasteiger partial charge in [0.2, 0.25) is 0 Å². The fourth-order valence-electron chi connectivity index (χ4n) is 4.95. The number of rotatable bonds is 6. The molecule has 11 heteroatoms. The van der Waals surface area contributed by atoms with E-state index in [1.54, 1.807) is 24.3 Å². The van der Waals surface area contributed by atoms with Crippen LogP contribution in [0.1, 0.15) is 22.5 Å². The van der Waals surface area contributed by atoms with E-state index < -0.39 is 27.9 Å². The standard InChI is InChI=1S/C23H26FN3O5S2/c24-19-10-17(27-12-18(32-23(27)29)11-25-22(28)21-2-1-9-33-21)3-4-20(19)26-7-5-15(6-8-26)16-13-34(30,31)14-16/h1-4,9-10,15-16,18H,5-8,11-14H2,(H,25,28). The number of piperidine rings is 1. The number of hydrogen-bond donors (Lipinski definition) is 1. The Morgan fingerprint density at radius 1 is 1.18 bits per heavy atom. The molecule has 0 aliphatic carbocycles. The molecule has 0 bridgehead atoms. The van der Waals surface area contributed by atoms with Gasteiger partial charge in [0, 0.05) is 13.1 Å². The molecule has 0 saturated carbocycles.